The van der Waals surface area contributed by atoms with Gasteiger partial charge in [0.1, 0.15) is 12.1 Å². The first-order valence-corrected chi connectivity index (χ1v) is 11.9. The number of hydrogen-bond donors (Lipinski definition) is 1. The summed E-state index contributed by atoms with van der Waals surface area (Å²) < 4.78 is 3.45. The van der Waals surface area contributed by atoms with Crippen molar-refractivity contribution >= 4 is 22.4 Å². The SMILES string of the molecule is C#Cc1cccc(Nc2ncnc3cc(-n4ccn(CCCN5CCN(C)CC5)c4=O)ccc23)c1. The zero-order chi connectivity index (χ0) is 24.2. The van der Waals surface area contributed by atoms with Gasteiger partial charge < -0.3 is 15.1 Å². The quantitative estimate of drug-likeness (QED) is 0.422. The molecular formula is C27H29N7O. The largest absolute Gasteiger partial charge is 0.340 e. The molecule has 178 valence electrons. The van der Waals surface area contributed by atoms with Crippen molar-refractivity contribution in [2.24, 2.45) is 0 Å². The van der Waals surface area contributed by atoms with Crippen molar-refractivity contribution in [3.8, 4) is 18.0 Å². The maximum absolute atomic E-state index is 13.0. The number of likely N-dealkylation sites (N-methyl/N-ethyl adjacent to an activating group) is 1. The van der Waals surface area contributed by atoms with Gasteiger partial charge in [0.15, 0.2) is 0 Å². The van der Waals surface area contributed by atoms with Gasteiger partial charge in [-0.3, -0.25) is 9.13 Å². The van der Waals surface area contributed by atoms with Crippen LogP contribution in [-0.4, -0.2) is 68.7 Å². The van der Waals surface area contributed by atoms with Crippen molar-refractivity contribution < 1.29 is 0 Å². The standard InChI is InChI=1S/C27H29N7O/c1-3-21-6-4-7-22(18-21)30-26-24-9-8-23(19-25(24)28-20-29-26)34-17-16-33(27(34)35)11-5-10-32-14-12-31(2)13-15-32/h1,4,6-9,16-20H,5,10-15H2,2H3,(H,28,29,30). The highest BCUT2D eigenvalue weighted by atomic mass is 16.1. The number of imidazole rings is 1. The maximum atomic E-state index is 13.0. The Labute approximate surface area is 204 Å². The minimum atomic E-state index is -0.0405. The van der Waals surface area contributed by atoms with Crippen LogP contribution in [0.25, 0.3) is 16.6 Å². The van der Waals surface area contributed by atoms with Crippen molar-refractivity contribution in [2.45, 2.75) is 13.0 Å². The van der Waals surface area contributed by atoms with Crippen molar-refractivity contribution in [3.05, 3.63) is 77.2 Å². The third kappa shape index (κ3) is 5.11. The highest BCUT2D eigenvalue weighted by molar-refractivity contribution is 5.91. The molecular weight excluding hydrogens is 438 g/mol. The molecule has 1 aliphatic heterocycles. The molecule has 3 heterocycles. The third-order valence-corrected chi connectivity index (χ3v) is 6.51. The molecule has 1 fully saturated rings. The van der Waals surface area contributed by atoms with E-state index in [9.17, 15) is 4.79 Å². The summed E-state index contributed by atoms with van der Waals surface area (Å²) in [6.07, 6.45) is 11.7. The average Bonchev–Trinajstić information content (AvgIpc) is 3.25. The molecule has 0 saturated carbocycles. The topological polar surface area (TPSA) is 71.2 Å². The molecule has 0 spiro atoms. The van der Waals surface area contributed by atoms with Crippen LogP contribution in [-0.2, 0) is 6.54 Å². The number of terminal acetylenes is 1. The van der Waals surface area contributed by atoms with Crippen LogP contribution >= 0.6 is 0 Å². The Morgan fingerprint density at radius 1 is 1.03 bits per heavy atom. The van der Waals surface area contributed by atoms with Crippen LogP contribution < -0.4 is 11.0 Å². The molecule has 1 aliphatic rings. The van der Waals surface area contributed by atoms with Gasteiger partial charge in [-0.15, -0.1) is 6.42 Å². The number of anilines is 2. The highest BCUT2D eigenvalue weighted by Gasteiger charge is 2.14. The fraction of sp³-hybridized carbons (Fsp3) is 0.296. The van der Waals surface area contributed by atoms with E-state index in [0.29, 0.717) is 12.4 Å². The van der Waals surface area contributed by atoms with E-state index in [4.69, 9.17) is 6.42 Å². The number of nitrogens with one attached hydrogen (secondary N) is 1. The van der Waals surface area contributed by atoms with Crippen LogP contribution in [0, 0.1) is 12.3 Å². The Kier molecular flexibility index (Phi) is 6.62. The van der Waals surface area contributed by atoms with E-state index in [-0.39, 0.29) is 5.69 Å². The zero-order valence-corrected chi connectivity index (χ0v) is 19.9. The second kappa shape index (κ2) is 10.1. The van der Waals surface area contributed by atoms with E-state index < -0.39 is 0 Å². The smallest absolute Gasteiger partial charge is 0.332 e. The van der Waals surface area contributed by atoms with E-state index in [1.165, 1.54) is 6.33 Å². The summed E-state index contributed by atoms with van der Waals surface area (Å²) in [5, 5.41) is 4.19. The fourth-order valence-electron chi connectivity index (χ4n) is 4.43. The first kappa shape index (κ1) is 22.8. The van der Waals surface area contributed by atoms with Gasteiger partial charge >= 0.3 is 5.69 Å². The predicted octanol–water partition coefficient (Wildman–Crippen LogP) is 2.94. The summed E-state index contributed by atoms with van der Waals surface area (Å²) >= 11 is 0. The minimum absolute atomic E-state index is 0.0405. The van der Waals surface area contributed by atoms with Gasteiger partial charge in [-0.1, -0.05) is 12.0 Å². The number of fused-ring (bicyclic) bond motifs is 1. The van der Waals surface area contributed by atoms with Crippen LogP contribution in [0.1, 0.15) is 12.0 Å². The molecule has 35 heavy (non-hydrogen) atoms. The van der Waals surface area contributed by atoms with Gasteiger partial charge in [0, 0.05) is 61.8 Å². The molecule has 1 saturated heterocycles. The molecule has 4 aromatic rings. The monoisotopic (exact) mass is 467 g/mol. The summed E-state index contributed by atoms with van der Waals surface area (Å²) in [5.74, 6) is 3.33. The number of benzene rings is 2. The summed E-state index contributed by atoms with van der Waals surface area (Å²) in [7, 11) is 2.16. The van der Waals surface area contributed by atoms with E-state index in [1.807, 2.05) is 54.9 Å². The van der Waals surface area contributed by atoms with E-state index in [0.717, 1.165) is 67.0 Å². The molecule has 0 amide bonds. The number of hydrogen-bond acceptors (Lipinski definition) is 6. The second-order valence-corrected chi connectivity index (χ2v) is 8.92. The molecule has 1 N–H and O–H groups in total. The fourth-order valence-corrected chi connectivity index (χ4v) is 4.43. The molecule has 0 aliphatic carbocycles. The van der Waals surface area contributed by atoms with Crippen molar-refractivity contribution in [2.75, 3.05) is 45.1 Å². The minimum Gasteiger partial charge on any atom is -0.340 e. The normalized spacial score (nSPS) is 14.7. The van der Waals surface area contributed by atoms with E-state index in [2.05, 4.69) is 38.1 Å². The molecule has 0 unspecified atom stereocenters. The van der Waals surface area contributed by atoms with Crippen LogP contribution in [0.2, 0.25) is 0 Å². The first-order chi connectivity index (χ1) is 17.1. The van der Waals surface area contributed by atoms with Crippen LogP contribution in [0.15, 0.2) is 66.0 Å². The molecule has 2 aromatic heterocycles. The number of piperazine rings is 1. The Morgan fingerprint density at radius 3 is 2.71 bits per heavy atom. The van der Waals surface area contributed by atoms with Crippen LogP contribution in [0.3, 0.4) is 0 Å². The number of rotatable bonds is 7. The Bertz CT molecular complexity index is 1420. The average molecular weight is 468 g/mol. The van der Waals surface area contributed by atoms with Crippen LogP contribution in [0.4, 0.5) is 11.5 Å². The molecule has 8 nitrogen and oxygen atoms in total. The summed E-state index contributed by atoms with van der Waals surface area (Å²) in [5.41, 5.74) is 3.14. The lowest BCUT2D eigenvalue weighted by Gasteiger charge is -2.32. The first-order valence-electron chi connectivity index (χ1n) is 11.9. The van der Waals surface area contributed by atoms with Gasteiger partial charge in [0.25, 0.3) is 0 Å². The van der Waals surface area contributed by atoms with Crippen molar-refractivity contribution in [1.82, 2.24) is 28.9 Å². The molecule has 0 radical (unpaired) electrons. The summed E-state index contributed by atoms with van der Waals surface area (Å²) in [6, 6.07) is 13.4. The Hall–Kier alpha value is -3.93. The lowest BCUT2D eigenvalue weighted by atomic mass is 10.2. The second-order valence-electron chi connectivity index (χ2n) is 8.92. The summed E-state index contributed by atoms with van der Waals surface area (Å²) in [6.45, 7) is 6.12. The number of nitrogens with zero attached hydrogens (tertiary/aromatic N) is 6. The molecule has 2 aromatic carbocycles. The van der Waals surface area contributed by atoms with Gasteiger partial charge in [0.2, 0.25) is 0 Å². The third-order valence-electron chi connectivity index (χ3n) is 6.51. The Morgan fingerprint density at radius 2 is 1.89 bits per heavy atom. The van der Waals surface area contributed by atoms with Gasteiger partial charge in [-0.25, -0.2) is 14.8 Å². The zero-order valence-electron chi connectivity index (χ0n) is 19.9. The van der Waals surface area contributed by atoms with Gasteiger partial charge in [-0.2, -0.15) is 0 Å². The maximum Gasteiger partial charge on any atom is 0.332 e. The van der Waals surface area contributed by atoms with Gasteiger partial charge in [-0.05, 0) is 56.4 Å². The molecule has 0 atom stereocenters. The highest BCUT2D eigenvalue weighted by Crippen LogP contribution is 2.25. The predicted molar refractivity (Wildman–Crippen MR) is 139 cm³/mol. The number of aryl methyl sites for hydroxylation is 1. The van der Waals surface area contributed by atoms with E-state index in [1.54, 1.807) is 9.13 Å². The van der Waals surface area contributed by atoms with Crippen molar-refractivity contribution in [1.29, 1.82) is 0 Å². The van der Waals surface area contributed by atoms with Crippen LogP contribution in [0.5, 0.6) is 0 Å². The van der Waals surface area contributed by atoms with Crippen molar-refractivity contribution in [3.63, 3.8) is 0 Å². The molecule has 8 heteroatoms. The number of aromatic nitrogens is 4. The van der Waals surface area contributed by atoms with E-state index >= 15 is 0 Å². The summed E-state index contributed by atoms with van der Waals surface area (Å²) in [4.78, 5) is 26.7. The molecule has 5 rings (SSSR count). The Balaban J connectivity index is 1.31. The lowest BCUT2D eigenvalue weighted by molar-refractivity contribution is 0.151. The lowest BCUT2D eigenvalue weighted by Crippen LogP contribution is -2.44. The molecule has 0 bridgehead atoms. The van der Waals surface area contributed by atoms with Gasteiger partial charge in [0.05, 0.1) is 11.2 Å².